The minimum absolute atomic E-state index is 0.297. The molecule has 7 nitrogen and oxygen atoms in total. The average Bonchev–Trinajstić information content (AvgIpc) is 2.84. The number of rotatable bonds is 11. The first-order valence-electron chi connectivity index (χ1n) is 12.4. The van der Waals surface area contributed by atoms with E-state index < -0.39 is 23.8 Å². The molecule has 36 heavy (non-hydrogen) atoms. The van der Waals surface area contributed by atoms with E-state index in [2.05, 4.69) is 17.2 Å². The zero-order valence-electron chi connectivity index (χ0n) is 22.0. The number of nitrogens with one attached hydrogen (secondary N) is 2. The van der Waals surface area contributed by atoms with Gasteiger partial charge in [-0.2, -0.15) is 0 Å². The van der Waals surface area contributed by atoms with Crippen molar-refractivity contribution in [3.8, 4) is 0 Å². The molecular weight excluding hydrogens is 454 g/mol. The number of hydrogen-bond acceptors (Lipinski definition) is 4. The third kappa shape index (κ3) is 8.87. The second-order valence-corrected chi connectivity index (χ2v) is 9.73. The molecule has 2 unspecified atom stereocenters. The predicted octanol–water partition coefficient (Wildman–Crippen LogP) is 5.23. The maximum absolute atomic E-state index is 13.7. The molecule has 0 fully saturated rings. The lowest BCUT2D eigenvalue weighted by Gasteiger charge is -2.34. The van der Waals surface area contributed by atoms with Crippen LogP contribution in [0.3, 0.4) is 0 Å². The number of nitrogens with zero attached hydrogens (tertiary/aromatic N) is 1. The van der Waals surface area contributed by atoms with E-state index in [0.717, 1.165) is 17.5 Å². The molecule has 0 aliphatic carbocycles. The zero-order valence-corrected chi connectivity index (χ0v) is 22.0. The Morgan fingerprint density at radius 3 is 2.39 bits per heavy atom. The summed E-state index contributed by atoms with van der Waals surface area (Å²) in [6.45, 7) is 13.4. The summed E-state index contributed by atoms with van der Waals surface area (Å²) in [6.07, 6.45) is 2.56. The van der Waals surface area contributed by atoms with E-state index in [-0.39, 0.29) is 11.8 Å². The molecule has 0 radical (unpaired) electrons. The van der Waals surface area contributed by atoms with Gasteiger partial charge in [0, 0.05) is 13.1 Å². The largest absolute Gasteiger partial charge is 0.444 e. The number of amides is 3. The lowest BCUT2D eigenvalue weighted by molar-refractivity contribution is -0.142. The lowest BCUT2D eigenvalue weighted by atomic mass is 10.00. The van der Waals surface area contributed by atoms with Crippen molar-refractivity contribution < 1.29 is 19.1 Å². The third-order valence-corrected chi connectivity index (χ3v) is 5.47. The molecule has 2 atom stereocenters. The summed E-state index contributed by atoms with van der Waals surface area (Å²) >= 11 is 0. The van der Waals surface area contributed by atoms with Crippen molar-refractivity contribution in [1.82, 2.24) is 15.5 Å². The molecule has 2 N–H and O–H groups in total. The highest BCUT2D eigenvalue weighted by atomic mass is 16.6. The standard InChI is InChI=1S/C29H39N3O4/c1-7-9-18-32(27(34)21(3)31-28(35)36-29(4,5)6)25(24-17-13-16-22(8-2)19-24)26(33)30-20-23-14-11-10-12-15-23/h8,10-17,19,21,25H,2,7,9,18,20H2,1,3-6H3,(H,30,33)(H,31,35). The van der Waals surface area contributed by atoms with Gasteiger partial charge >= 0.3 is 6.09 Å². The predicted molar refractivity (Wildman–Crippen MR) is 143 cm³/mol. The molecule has 0 aliphatic rings. The van der Waals surface area contributed by atoms with Crippen molar-refractivity contribution in [3.05, 3.63) is 77.9 Å². The molecule has 194 valence electrons. The van der Waals surface area contributed by atoms with Crippen molar-refractivity contribution in [1.29, 1.82) is 0 Å². The SMILES string of the molecule is C=Cc1cccc(C(C(=O)NCc2ccccc2)N(CCCC)C(=O)C(C)NC(=O)OC(C)(C)C)c1. The van der Waals surface area contributed by atoms with Gasteiger partial charge in [0.1, 0.15) is 17.7 Å². The monoisotopic (exact) mass is 493 g/mol. The molecule has 2 rings (SSSR count). The van der Waals surface area contributed by atoms with Crippen molar-refractivity contribution in [3.63, 3.8) is 0 Å². The number of hydrogen-bond donors (Lipinski definition) is 2. The van der Waals surface area contributed by atoms with E-state index in [1.165, 1.54) is 0 Å². The highest BCUT2D eigenvalue weighted by Gasteiger charge is 2.34. The molecule has 0 bridgehead atoms. The maximum atomic E-state index is 13.7. The van der Waals surface area contributed by atoms with Crippen LogP contribution >= 0.6 is 0 Å². The topological polar surface area (TPSA) is 87.7 Å². The van der Waals surface area contributed by atoms with Gasteiger partial charge in [0.15, 0.2) is 0 Å². The molecule has 2 aromatic carbocycles. The van der Waals surface area contributed by atoms with Gasteiger partial charge < -0.3 is 20.3 Å². The van der Waals surface area contributed by atoms with Crippen molar-refractivity contribution >= 4 is 24.0 Å². The zero-order chi connectivity index (χ0) is 26.7. The molecule has 0 aromatic heterocycles. The molecular formula is C29H39N3O4. The number of unbranched alkanes of at least 4 members (excludes halogenated alkanes) is 1. The van der Waals surface area contributed by atoms with Gasteiger partial charge in [-0.25, -0.2) is 4.79 Å². The summed E-state index contributed by atoms with van der Waals surface area (Å²) in [5.41, 5.74) is 1.78. The summed E-state index contributed by atoms with van der Waals surface area (Å²) in [6, 6.07) is 15.3. The number of ether oxygens (including phenoxy) is 1. The Kier molecular flexibility index (Phi) is 10.7. The molecule has 0 aliphatic heterocycles. The quantitative estimate of drug-likeness (QED) is 0.449. The molecule has 0 saturated heterocycles. The summed E-state index contributed by atoms with van der Waals surface area (Å²) < 4.78 is 5.32. The highest BCUT2D eigenvalue weighted by molar-refractivity contribution is 5.92. The number of carbonyl (C=O) groups is 3. The number of carbonyl (C=O) groups excluding carboxylic acids is 3. The van der Waals surface area contributed by atoms with Crippen LogP contribution < -0.4 is 10.6 Å². The number of benzene rings is 2. The Balaban J connectivity index is 2.37. The molecule has 0 saturated carbocycles. The Morgan fingerprint density at radius 1 is 1.08 bits per heavy atom. The van der Waals surface area contributed by atoms with Gasteiger partial charge in [-0.1, -0.05) is 74.5 Å². The van der Waals surface area contributed by atoms with E-state index in [1.807, 2.05) is 61.5 Å². The highest BCUT2D eigenvalue weighted by Crippen LogP contribution is 2.25. The first-order valence-corrected chi connectivity index (χ1v) is 12.4. The van der Waals surface area contributed by atoms with Crippen LogP contribution in [0.15, 0.2) is 61.2 Å². The van der Waals surface area contributed by atoms with Gasteiger partial charge in [-0.15, -0.1) is 0 Å². The van der Waals surface area contributed by atoms with E-state index >= 15 is 0 Å². The lowest BCUT2D eigenvalue weighted by Crippen LogP contribution is -2.52. The normalized spacial score (nSPS) is 12.7. The van der Waals surface area contributed by atoms with Gasteiger partial charge in [0.2, 0.25) is 11.8 Å². The summed E-state index contributed by atoms with van der Waals surface area (Å²) in [7, 11) is 0. The minimum Gasteiger partial charge on any atom is -0.444 e. The second-order valence-electron chi connectivity index (χ2n) is 9.73. The molecule has 2 aromatic rings. The van der Waals surface area contributed by atoms with Crippen molar-refractivity contribution in [2.24, 2.45) is 0 Å². The van der Waals surface area contributed by atoms with Crippen LogP contribution in [0.1, 0.15) is 70.2 Å². The Labute approximate surface area is 214 Å². The first kappa shape index (κ1) is 28.6. The van der Waals surface area contributed by atoms with Gasteiger partial charge in [-0.3, -0.25) is 9.59 Å². The maximum Gasteiger partial charge on any atom is 0.408 e. The Bertz CT molecular complexity index is 1030. The van der Waals surface area contributed by atoms with E-state index in [1.54, 1.807) is 38.7 Å². The molecule has 7 heteroatoms. The van der Waals surface area contributed by atoms with E-state index in [0.29, 0.717) is 25.1 Å². The van der Waals surface area contributed by atoms with Crippen LogP contribution in [0, 0.1) is 0 Å². The third-order valence-electron chi connectivity index (χ3n) is 5.47. The fourth-order valence-corrected chi connectivity index (χ4v) is 3.70. The van der Waals surface area contributed by atoms with Crippen LogP contribution in [0.2, 0.25) is 0 Å². The van der Waals surface area contributed by atoms with Gasteiger partial charge in [-0.05, 0) is 56.9 Å². The van der Waals surface area contributed by atoms with Crippen LogP contribution in [-0.4, -0.2) is 41.0 Å². The van der Waals surface area contributed by atoms with E-state index in [9.17, 15) is 14.4 Å². The minimum atomic E-state index is -0.885. The Hall–Kier alpha value is -3.61. The van der Waals surface area contributed by atoms with Crippen LogP contribution in [0.25, 0.3) is 6.08 Å². The van der Waals surface area contributed by atoms with E-state index in [4.69, 9.17) is 4.74 Å². The molecule has 0 spiro atoms. The average molecular weight is 494 g/mol. The van der Waals surface area contributed by atoms with Crippen LogP contribution in [0.4, 0.5) is 4.79 Å². The fraction of sp³-hybridized carbons (Fsp3) is 0.414. The number of alkyl carbamates (subject to hydrolysis) is 1. The fourth-order valence-electron chi connectivity index (χ4n) is 3.70. The van der Waals surface area contributed by atoms with Crippen LogP contribution in [-0.2, 0) is 20.9 Å². The molecule has 0 heterocycles. The summed E-state index contributed by atoms with van der Waals surface area (Å²) in [4.78, 5) is 41.2. The van der Waals surface area contributed by atoms with Gasteiger partial charge in [0.25, 0.3) is 0 Å². The summed E-state index contributed by atoms with van der Waals surface area (Å²) in [5.74, 6) is -0.660. The second kappa shape index (κ2) is 13.5. The first-order chi connectivity index (χ1) is 17.1. The smallest absolute Gasteiger partial charge is 0.408 e. The van der Waals surface area contributed by atoms with Gasteiger partial charge in [0.05, 0.1) is 0 Å². The van der Waals surface area contributed by atoms with Crippen LogP contribution in [0.5, 0.6) is 0 Å². The van der Waals surface area contributed by atoms with Crippen molar-refractivity contribution in [2.75, 3.05) is 6.54 Å². The van der Waals surface area contributed by atoms with Crippen molar-refractivity contribution in [2.45, 2.75) is 71.7 Å². The summed E-state index contributed by atoms with van der Waals surface area (Å²) in [5, 5.41) is 5.61. The Morgan fingerprint density at radius 2 is 1.78 bits per heavy atom. The molecule has 3 amide bonds.